The van der Waals surface area contributed by atoms with Crippen LogP contribution in [-0.2, 0) is 4.79 Å². The standard InChI is InChI=1S/C40H40O9/c1-20(2)4-8-28-32(43)11-10-29(39(28)47)40(48)31-14-24(12-21(3)13-30(31)27-9-7-25(41)18-33(27)44)38-34(45)15-23(16-35(38)46)36-17-22-5-6-26(42)19-37(22)49-36/h4-7,9,11-12,15-19,24,29-31,41-47H,8,10,13-14H2,1-3H3/t24-,29?,30+,31-/m0/s1. The molecule has 49 heavy (non-hydrogen) atoms. The number of carbonyl (C=O) groups excluding carboxylic acids is 1. The van der Waals surface area contributed by atoms with Gasteiger partial charge < -0.3 is 40.2 Å². The molecule has 2 aliphatic carbocycles. The first-order valence-electron chi connectivity index (χ1n) is 16.3. The molecule has 1 heterocycles. The third kappa shape index (κ3) is 6.61. The van der Waals surface area contributed by atoms with E-state index in [1.807, 2.05) is 32.9 Å². The zero-order valence-electron chi connectivity index (χ0n) is 27.5. The van der Waals surface area contributed by atoms with Crippen molar-refractivity contribution in [1.29, 1.82) is 0 Å². The number of carbonyl (C=O) groups is 1. The Morgan fingerprint density at radius 3 is 2.27 bits per heavy atom. The smallest absolute Gasteiger partial charge is 0.147 e. The van der Waals surface area contributed by atoms with Crippen molar-refractivity contribution >= 4 is 16.8 Å². The molecule has 9 heteroatoms. The van der Waals surface area contributed by atoms with Crippen LogP contribution in [0.3, 0.4) is 0 Å². The molecule has 0 radical (unpaired) electrons. The Balaban J connectivity index is 1.41. The first kappa shape index (κ1) is 33.3. The average Bonchev–Trinajstić information content (AvgIpc) is 3.37. The molecule has 7 N–H and O–H groups in total. The van der Waals surface area contributed by atoms with Crippen LogP contribution in [0.15, 0.2) is 105 Å². The van der Waals surface area contributed by atoms with Gasteiger partial charge in [0.2, 0.25) is 0 Å². The fraction of sp³-hybridized carbons (Fsp3) is 0.275. The van der Waals surface area contributed by atoms with Gasteiger partial charge in [-0.25, -0.2) is 0 Å². The monoisotopic (exact) mass is 664 g/mol. The van der Waals surface area contributed by atoms with Crippen molar-refractivity contribution in [3.63, 3.8) is 0 Å². The molecule has 4 aromatic rings. The average molecular weight is 665 g/mol. The summed E-state index contributed by atoms with van der Waals surface area (Å²) in [6, 6.07) is 13.7. The van der Waals surface area contributed by atoms with Crippen molar-refractivity contribution < 1.29 is 45.0 Å². The molecule has 0 aliphatic heterocycles. The largest absolute Gasteiger partial charge is 0.511 e. The highest BCUT2D eigenvalue weighted by Crippen LogP contribution is 2.50. The number of ketones is 1. The van der Waals surface area contributed by atoms with Gasteiger partial charge in [-0.3, -0.25) is 4.79 Å². The molecule has 0 amide bonds. The van der Waals surface area contributed by atoms with E-state index >= 15 is 0 Å². The molecule has 0 fully saturated rings. The molecule has 9 nitrogen and oxygen atoms in total. The van der Waals surface area contributed by atoms with E-state index in [2.05, 4.69) is 0 Å². The molecule has 1 unspecified atom stereocenters. The molecule has 254 valence electrons. The Hall–Kier alpha value is -5.57. The lowest BCUT2D eigenvalue weighted by Crippen LogP contribution is -2.32. The third-order valence-corrected chi connectivity index (χ3v) is 9.65. The Morgan fingerprint density at radius 2 is 1.57 bits per heavy atom. The minimum atomic E-state index is -0.959. The molecule has 3 aromatic carbocycles. The number of aliphatic hydroxyl groups excluding tert-OH is 2. The topological polar surface area (TPSA) is 172 Å². The van der Waals surface area contributed by atoms with Crippen molar-refractivity contribution in [2.75, 3.05) is 0 Å². The summed E-state index contributed by atoms with van der Waals surface area (Å²) in [6.07, 6.45) is 6.09. The highest BCUT2D eigenvalue weighted by atomic mass is 16.3. The summed E-state index contributed by atoms with van der Waals surface area (Å²) >= 11 is 0. The Kier molecular flexibility index (Phi) is 8.94. The maximum Gasteiger partial charge on any atom is 0.147 e. The highest BCUT2D eigenvalue weighted by Gasteiger charge is 2.41. The van der Waals surface area contributed by atoms with Crippen LogP contribution >= 0.6 is 0 Å². The fourth-order valence-corrected chi connectivity index (χ4v) is 7.23. The summed E-state index contributed by atoms with van der Waals surface area (Å²) in [5.74, 6) is -3.85. The summed E-state index contributed by atoms with van der Waals surface area (Å²) in [5, 5.41) is 76.4. The number of hydrogen-bond donors (Lipinski definition) is 7. The van der Waals surface area contributed by atoms with E-state index < -0.39 is 23.7 Å². The van der Waals surface area contributed by atoms with E-state index in [-0.39, 0.29) is 76.4 Å². The van der Waals surface area contributed by atoms with Crippen LogP contribution in [0.4, 0.5) is 0 Å². The summed E-state index contributed by atoms with van der Waals surface area (Å²) in [4.78, 5) is 14.6. The SMILES string of the molecule is CC(C)=CCC1=C(O)C(C(=O)[C@H]2C[C@@H](c3c(O)cc(-c4cc5ccc(O)cc5o4)cc3O)C=C(C)C[C@@H]2c2ccc(O)cc2O)CC=C1O. The number of fused-ring (bicyclic) bond motifs is 1. The summed E-state index contributed by atoms with van der Waals surface area (Å²) in [6.45, 7) is 5.69. The summed E-state index contributed by atoms with van der Waals surface area (Å²) in [7, 11) is 0. The quantitative estimate of drug-likeness (QED) is 0.0952. The zero-order valence-corrected chi connectivity index (χ0v) is 27.5. The van der Waals surface area contributed by atoms with Gasteiger partial charge in [-0.15, -0.1) is 0 Å². The maximum absolute atomic E-state index is 14.6. The summed E-state index contributed by atoms with van der Waals surface area (Å²) < 4.78 is 5.89. The number of hydrogen-bond acceptors (Lipinski definition) is 9. The van der Waals surface area contributed by atoms with E-state index in [0.717, 1.165) is 16.5 Å². The van der Waals surface area contributed by atoms with Gasteiger partial charge in [0, 0.05) is 52.0 Å². The van der Waals surface area contributed by atoms with Crippen LogP contribution in [0.25, 0.3) is 22.3 Å². The zero-order chi connectivity index (χ0) is 35.1. The first-order chi connectivity index (χ1) is 23.3. The van der Waals surface area contributed by atoms with Crippen LogP contribution in [0.5, 0.6) is 28.7 Å². The lowest BCUT2D eigenvalue weighted by molar-refractivity contribution is -0.127. The second-order valence-electron chi connectivity index (χ2n) is 13.4. The minimum absolute atomic E-state index is 0.0435. The van der Waals surface area contributed by atoms with E-state index in [9.17, 15) is 40.5 Å². The van der Waals surface area contributed by atoms with Crippen molar-refractivity contribution in [1.82, 2.24) is 0 Å². The van der Waals surface area contributed by atoms with Crippen molar-refractivity contribution in [3.8, 4) is 40.1 Å². The van der Waals surface area contributed by atoms with E-state index in [0.29, 0.717) is 28.9 Å². The predicted octanol–water partition coefficient (Wildman–Crippen LogP) is 9.05. The third-order valence-electron chi connectivity index (χ3n) is 9.65. The van der Waals surface area contributed by atoms with Gasteiger partial charge in [-0.1, -0.05) is 29.4 Å². The molecule has 0 bridgehead atoms. The van der Waals surface area contributed by atoms with Gasteiger partial charge >= 0.3 is 0 Å². The predicted molar refractivity (Wildman–Crippen MR) is 186 cm³/mol. The van der Waals surface area contributed by atoms with Crippen LogP contribution in [0, 0.1) is 11.8 Å². The van der Waals surface area contributed by atoms with Crippen LogP contribution in [0.1, 0.15) is 69.4 Å². The number of furan rings is 1. The van der Waals surface area contributed by atoms with Gasteiger partial charge in [0.15, 0.2) is 0 Å². The molecule has 1 aromatic heterocycles. The van der Waals surface area contributed by atoms with Gasteiger partial charge in [0.25, 0.3) is 0 Å². The molecule has 0 spiro atoms. The molecule has 6 rings (SSSR count). The van der Waals surface area contributed by atoms with Gasteiger partial charge in [-0.2, -0.15) is 0 Å². The van der Waals surface area contributed by atoms with Crippen LogP contribution in [0.2, 0.25) is 0 Å². The van der Waals surface area contributed by atoms with E-state index in [1.54, 1.807) is 18.2 Å². The second-order valence-corrected chi connectivity index (χ2v) is 13.4. The molecule has 4 atom stereocenters. The second kappa shape index (κ2) is 13.1. The fourth-order valence-electron chi connectivity index (χ4n) is 7.23. The van der Waals surface area contributed by atoms with Gasteiger partial charge in [0.05, 0.1) is 5.92 Å². The lowest BCUT2D eigenvalue weighted by atomic mass is 9.71. The number of benzene rings is 3. The number of aliphatic hydroxyl groups is 2. The normalized spacial score (nSPS) is 21.2. The van der Waals surface area contributed by atoms with E-state index in [1.165, 1.54) is 42.5 Å². The molecular formula is C40H40O9. The first-order valence-corrected chi connectivity index (χ1v) is 16.3. The number of phenols is 5. The minimum Gasteiger partial charge on any atom is -0.511 e. The van der Waals surface area contributed by atoms with Crippen molar-refractivity contribution in [2.24, 2.45) is 11.8 Å². The van der Waals surface area contributed by atoms with Crippen molar-refractivity contribution in [2.45, 2.75) is 58.3 Å². The molecule has 2 aliphatic rings. The van der Waals surface area contributed by atoms with Crippen LogP contribution < -0.4 is 0 Å². The molecule has 0 saturated carbocycles. The number of aromatic hydroxyl groups is 5. The van der Waals surface area contributed by atoms with Gasteiger partial charge in [0.1, 0.15) is 57.4 Å². The number of allylic oxidation sites excluding steroid dienone is 7. The number of rotatable bonds is 7. The van der Waals surface area contributed by atoms with E-state index in [4.69, 9.17) is 4.42 Å². The van der Waals surface area contributed by atoms with Crippen molar-refractivity contribution in [3.05, 3.63) is 112 Å². The maximum atomic E-state index is 14.6. The molecular weight excluding hydrogens is 624 g/mol. The van der Waals surface area contributed by atoms with Gasteiger partial charge in [-0.05, 0) is 94.5 Å². The Bertz CT molecular complexity index is 2050. The Morgan fingerprint density at radius 1 is 0.878 bits per heavy atom. The lowest BCUT2D eigenvalue weighted by Gasteiger charge is -2.32. The highest BCUT2D eigenvalue weighted by molar-refractivity contribution is 5.88. The summed E-state index contributed by atoms with van der Waals surface area (Å²) in [5.41, 5.74) is 3.64. The Labute approximate surface area is 283 Å². The van der Waals surface area contributed by atoms with Crippen LogP contribution in [-0.4, -0.2) is 41.5 Å². The number of Topliss-reactive ketones (excluding diaryl/α,β-unsaturated/α-hetero) is 1. The number of phenolic OH excluding ortho intramolecular Hbond substituents is 5. The molecule has 0 saturated heterocycles.